The van der Waals surface area contributed by atoms with Crippen molar-refractivity contribution >= 4 is 12.2 Å². The standard InChI is InChI=1S/C13H17N3S/c1-8-10(9-6-5-7-14-9)15-12(13(2,3)4)16-11(8)17/h5-7,14H,1-4H3,(H,15,16,17). The van der Waals surface area contributed by atoms with Crippen LogP contribution in [0.2, 0.25) is 0 Å². The van der Waals surface area contributed by atoms with Gasteiger partial charge < -0.3 is 9.97 Å². The molecule has 0 atom stereocenters. The molecule has 0 aromatic carbocycles. The number of aromatic amines is 2. The lowest BCUT2D eigenvalue weighted by atomic mass is 9.95. The average Bonchev–Trinajstić information content (AvgIpc) is 2.73. The van der Waals surface area contributed by atoms with Crippen molar-refractivity contribution in [1.29, 1.82) is 0 Å². The maximum atomic E-state index is 5.33. The molecule has 2 rings (SSSR count). The highest BCUT2D eigenvalue weighted by Crippen LogP contribution is 2.24. The van der Waals surface area contributed by atoms with Crippen LogP contribution in [0.4, 0.5) is 0 Å². The van der Waals surface area contributed by atoms with Crippen LogP contribution >= 0.6 is 12.2 Å². The molecule has 2 heterocycles. The Morgan fingerprint density at radius 2 is 2.00 bits per heavy atom. The molecule has 2 N–H and O–H groups in total. The first-order valence-corrected chi connectivity index (χ1v) is 6.05. The zero-order valence-corrected chi connectivity index (χ0v) is 11.4. The molecule has 17 heavy (non-hydrogen) atoms. The van der Waals surface area contributed by atoms with Gasteiger partial charge in [0.1, 0.15) is 10.5 Å². The number of nitrogens with zero attached hydrogens (tertiary/aromatic N) is 1. The largest absolute Gasteiger partial charge is 0.360 e. The Balaban J connectivity index is 2.68. The van der Waals surface area contributed by atoms with Gasteiger partial charge in [-0.05, 0) is 19.1 Å². The number of rotatable bonds is 1. The van der Waals surface area contributed by atoms with Crippen molar-refractivity contribution in [2.24, 2.45) is 0 Å². The fraction of sp³-hybridized carbons (Fsp3) is 0.385. The van der Waals surface area contributed by atoms with Gasteiger partial charge in [-0.3, -0.25) is 0 Å². The second kappa shape index (κ2) is 4.11. The van der Waals surface area contributed by atoms with Crippen LogP contribution in [0.5, 0.6) is 0 Å². The van der Waals surface area contributed by atoms with Crippen LogP contribution in [0.1, 0.15) is 32.2 Å². The predicted octanol–water partition coefficient (Wildman–Crippen LogP) is 3.74. The molecule has 3 nitrogen and oxygen atoms in total. The van der Waals surface area contributed by atoms with E-state index in [9.17, 15) is 0 Å². The molecule has 0 aliphatic heterocycles. The zero-order valence-electron chi connectivity index (χ0n) is 10.6. The lowest BCUT2D eigenvalue weighted by Gasteiger charge is -2.19. The van der Waals surface area contributed by atoms with Crippen molar-refractivity contribution in [2.75, 3.05) is 0 Å². The Kier molecular flexibility index (Phi) is 2.91. The van der Waals surface area contributed by atoms with Crippen molar-refractivity contribution in [3.05, 3.63) is 34.4 Å². The van der Waals surface area contributed by atoms with E-state index in [1.807, 2.05) is 25.3 Å². The third kappa shape index (κ3) is 2.31. The Labute approximate surface area is 106 Å². The first-order valence-electron chi connectivity index (χ1n) is 5.65. The summed E-state index contributed by atoms with van der Waals surface area (Å²) in [4.78, 5) is 11.0. The Morgan fingerprint density at radius 1 is 1.29 bits per heavy atom. The molecule has 0 aliphatic rings. The fourth-order valence-corrected chi connectivity index (χ4v) is 1.84. The molecule has 0 aliphatic carbocycles. The second-order valence-electron chi connectivity index (χ2n) is 5.22. The van der Waals surface area contributed by atoms with Crippen molar-refractivity contribution in [3.63, 3.8) is 0 Å². The van der Waals surface area contributed by atoms with Crippen LogP contribution in [0.25, 0.3) is 11.4 Å². The molecule has 0 unspecified atom stereocenters. The summed E-state index contributed by atoms with van der Waals surface area (Å²) in [5.74, 6) is 0.915. The molecule has 0 bridgehead atoms. The quantitative estimate of drug-likeness (QED) is 0.754. The Bertz CT molecular complexity index is 574. The molecule has 2 aromatic heterocycles. The number of nitrogens with one attached hydrogen (secondary N) is 2. The highest BCUT2D eigenvalue weighted by molar-refractivity contribution is 7.71. The summed E-state index contributed by atoms with van der Waals surface area (Å²) < 4.78 is 0.665. The summed E-state index contributed by atoms with van der Waals surface area (Å²) in [6.45, 7) is 8.35. The van der Waals surface area contributed by atoms with Crippen LogP contribution in [-0.2, 0) is 5.41 Å². The summed E-state index contributed by atoms with van der Waals surface area (Å²) in [5, 5.41) is 0. The molecule has 0 radical (unpaired) electrons. The molecule has 2 aromatic rings. The molecular formula is C13H17N3S. The van der Waals surface area contributed by atoms with E-state index in [2.05, 4.69) is 35.7 Å². The van der Waals surface area contributed by atoms with E-state index in [0.29, 0.717) is 4.64 Å². The first kappa shape index (κ1) is 12.0. The molecule has 0 saturated heterocycles. The minimum Gasteiger partial charge on any atom is -0.360 e. The molecule has 90 valence electrons. The van der Waals surface area contributed by atoms with E-state index >= 15 is 0 Å². The van der Waals surface area contributed by atoms with Gasteiger partial charge in [0.05, 0.1) is 11.4 Å². The summed E-state index contributed by atoms with van der Waals surface area (Å²) in [5.41, 5.74) is 3.04. The molecule has 0 saturated carbocycles. The number of hydrogen-bond donors (Lipinski definition) is 2. The molecule has 0 fully saturated rings. The van der Waals surface area contributed by atoms with Crippen LogP contribution in [-0.4, -0.2) is 15.0 Å². The third-order valence-corrected chi connectivity index (χ3v) is 3.13. The highest BCUT2D eigenvalue weighted by Gasteiger charge is 2.18. The van der Waals surface area contributed by atoms with E-state index in [-0.39, 0.29) is 5.41 Å². The van der Waals surface area contributed by atoms with Crippen molar-refractivity contribution in [3.8, 4) is 11.4 Å². The summed E-state index contributed by atoms with van der Waals surface area (Å²) in [6.07, 6.45) is 1.91. The minimum absolute atomic E-state index is 0.0391. The number of aromatic nitrogens is 3. The van der Waals surface area contributed by atoms with E-state index in [1.54, 1.807) is 0 Å². The first-order chi connectivity index (χ1) is 7.89. The van der Waals surface area contributed by atoms with E-state index in [0.717, 1.165) is 22.8 Å². The van der Waals surface area contributed by atoms with Crippen LogP contribution < -0.4 is 0 Å². The minimum atomic E-state index is -0.0391. The van der Waals surface area contributed by atoms with Gasteiger partial charge in [0.25, 0.3) is 0 Å². The lowest BCUT2D eigenvalue weighted by molar-refractivity contribution is 0.544. The number of H-pyrrole nitrogens is 2. The average molecular weight is 247 g/mol. The van der Waals surface area contributed by atoms with E-state index < -0.39 is 0 Å². The molecule has 0 spiro atoms. The third-order valence-electron chi connectivity index (χ3n) is 2.73. The topological polar surface area (TPSA) is 44.5 Å². The second-order valence-corrected chi connectivity index (χ2v) is 5.61. The Hall–Kier alpha value is -1.42. The molecule has 0 amide bonds. The van der Waals surface area contributed by atoms with Gasteiger partial charge in [0, 0.05) is 17.2 Å². The summed E-state index contributed by atoms with van der Waals surface area (Å²) in [7, 11) is 0. The van der Waals surface area contributed by atoms with Crippen molar-refractivity contribution in [1.82, 2.24) is 15.0 Å². The van der Waals surface area contributed by atoms with Gasteiger partial charge in [0.15, 0.2) is 0 Å². The molecule has 4 heteroatoms. The lowest BCUT2D eigenvalue weighted by Crippen LogP contribution is -2.17. The Morgan fingerprint density at radius 3 is 2.53 bits per heavy atom. The SMILES string of the molecule is Cc1c(-c2ccc[nH]2)[nH]c(C(C)(C)C)nc1=S. The van der Waals surface area contributed by atoms with Crippen molar-refractivity contribution < 1.29 is 0 Å². The van der Waals surface area contributed by atoms with E-state index in [4.69, 9.17) is 12.2 Å². The van der Waals surface area contributed by atoms with Gasteiger partial charge in [-0.25, -0.2) is 4.98 Å². The van der Waals surface area contributed by atoms with Crippen molar-refractivity contribution in [2.45, 2.75) is 33.1 Å². The van der Waals surface area contributed by atoms with Gasteiger partial charge in [-0.2, -0.15) is 0 Å². The zero-order chi connectivity index (χ0) is 12.6. The van der Waals surface area contributed by atoms with Crippen LogP contribution in [0.3, 0.4) is 0 Å². The van der Waals surface area contributed by atoms with E-state index in [1.165, 1.54) is 0 Å². The monoisotopic (exact) mass is 247 g/mol. The summed E-state index contributed by atoms with van der Waals surface area (Å²) >= 11 is 5.33. The predicted molar refractivity (Wildman–Crippen MR) is 72.6 cm³/mol. The maximum Gasteiger partial charge on any atom is 0.133 e. The summed E-state index contributed by atoms with van der Waals surface area (Å²) in [6, 6.07) is 4.00. The molecular weight excluding hydrogens is 230 g/mol. The normalized spacial score (nSPS) is 11.8. The highest BCUT2D eigenvalue weighted by atomic mass is 32.1. The van der Waals surface area contributed by atoms with Crippen LogP contribution in [0.15, 0.2) is 18.3 Å². The van der Waals surface area contributed by atoms with Gasteiger partial charge >= 0.3 is 0 Å². The fourth-order valence-electron chi connectivity index (χ4n) is 1.64. The van der Waals surface area contributed by atoms with Crippen LogP contribution in [0, 0.1) is 11.6 Å². The van der Waals surface area contributed by atoms with Gasteiger partial charge in [0.2, 0.25) is 0 Å². The van der Waals surface area contributed by atoms with Gasteiger partial charge in [-0.15, -0.1) is 0 Å². The maximum absolute atomic E-state index is 5.33. The van der Waals surface area contributed by atoms with Gasteiger partial charge in [-0.1, -0.05) is 33.0 Å². The number of hydrogen-bond acceptors (Lipinski definition) is 2. The smallest absolute Gasteiger partial charge is 0.133 e.